The smallest absolute Gasteiger partial charge is 0.257 e. The van der Waals surface area contributed by atoms with Gasteiger partial charge in [-0.2, -0.15) is 0 Å². The number of amides is 2. The summed E-state index contributed by atoms with van der Waals surface area (Å²) < 4.78 is 25.8. The van der Waals surface area contributed by atoms with Gasteiger partial charge in [-0.3, -0.25) is 9.59 Å². The second-order valence-corrected chi connectivity index (χ2v) is 9.29. The lowest BCUT2D eigenvalue weighted by atomic mass is 10.1. The quantitative estimate of drug-likeness (QED) is 0.614. The van der Waals surface area contributed by atoms with Crippen LogP contribution in [0.25, 0.3) is 0 Å². The van der Waals surface area contributed by atoms with E-state index >= 15 is 0 Å². The van der Waals surface area contributed by atoms with Crippen LogP contribution in [0.2, 0.25) is 0 Å². The Labute approximate surface area is 181 Å². The average Bonchev–Trinajstić information content (AvgIpc) is 2.74. The SMILES string of the molecule is Cc1cccc(NC(=O)c2ccccc2NC(=O)c2cccc(S(=O)(=O)N(C)C)c2)c1. The van der Waals surface area contributed by atoms with Crippen LogP contribution in [0.4, 0.5) is 11.4 Å². The van der Waals surface area contributed by atoms with E-state index in [-0.39, 0.29) is 21.9 Å². The standard InChI is InChI=1S/C23H23N3O4S/c1-16-8-6-10-18(14-16)24-23(28)20-12-4-5-13-21(20)25-22(27)17-9-7-11-19(15-17)31(29,30)26(2)3/h4-15H,1-3H3,(H,24,28)(H,25,27). The molecule has 0 fully saturated rings. The number of nitrogens with zero attached hydrogens (tertiary/aromatic N) is 1. The number of benzene rings is 3. The number of anilines is 2. The van der Waals surface area contributed by atoms with E-state index in [1.807, 2.05) is 25.1 Å². The third-order valence-electron chi connectivity index (χ3n) is 4.57. The summed E-state index contributed by atoms with van der Waals surface area (Å²) in [5, 5.41) is 5.52. The highest BCUT2D eigenvalue weighted by Gasteiger charge is 2.20. The highest BCUT2D eigenvalue weighted by Crippen LogP contribution is 2.20. The third kappa shape index (κ3) is 5.17. The summed E-state index contributed by atoms with van der Waals surface area (Å²) in [6, 6.07) is 19.8. The van der Waals surface area contributed by atoms with Crippen LogP contribution in [0.15, 0.2) is 77.7 Å². The molecule has 7 nitrogen and oxygen atoms in total. The average molecular weight is 438 g/mol. The second kappa shape index (κ2) is 9.11. The van der Waals surface area contributed by atoms with Crippen molar-refractivity contribution in [2.24, 2.45) is 0 Å². The predicted octanol–water partition coefficient (Wildman–Crippen LogP) is 3.75. The number of hydrogen-bond acceptors (Lipinski definition) is 4. The molecule has 3 rings (SSSR count). The van der Waals surface area contributed by atoms with Crippen LogP contribution in [0.5, 0.6) is 0 Å². The zero-order valence-electron chi connectivity index (χ0n) is 17.4. The Kier molecular flexibility index (Phi) is 6.53. The van der Waals surface area contributed by atoms with Crippen LogP contribution in [0.3, 0.4) is 0 Å². The van der Waals surface area contributed by atoms with Gasteiger partial charge in [-0.15, -0.1) is 0 Å². The summed E-state index contributed by atoms with van der Waals surface area (Å²) in [7, 11) is -0.833. The molecule has 0 unspecified atom stereocenters. The lowest BCUT2D eigenvalue weighted by Gasteiger charge is -2.14. The van der Waals surface area contributed by atoms with Crippen molar-refractivity contribution in [3.63, 3.8) is 0 Å². The maximum absolute atomic E-state index is 12.8. The molecule has 0 aromatic heterocycles. The van der Waals surface area contributed by atoms with E-state index in [0.29, 0.717) is 11.4 Å². The van der Waals surface area contributed by atoms with Gasteiger partial charge in [0.05, 0.1) is 16.1 Å². The molecule has 2 N–H and O–H groups in total. The Morgan fingerprint density at radius 1 is 0.806 bits per heavy atom. The molecular weight excluding hydrogens is 414 g/mol. The predicted molar refractivity (Wildman–Crippen MR) is 121 cm³/mol. The van der Waals surface area contributed by atoms with Crippen molar-refractivity contribution < 1.29 is 18.0 Å². The van der Waals surface area contributed by atoms with Crippen molar-refractivity contribution in [2.45, 2.75) is 11.8 Å². The van der Waals surface area contributed by atoms with Gasteiger partial charge in [-0.1, -0.05) is 30.3 Å². The van der Waals surface area contributed by atoms with E-state index in [1.54, 1.807) is 30.3 Å². The Morgan fingerprint density at radius 2 is 1.52 bits per heavy atom. The van der Waals surface area contributed by atoms with Crippen LogP contribution < -0.4 is 10.6 Å². The molecule has 0 atom stereocenters. The molecule has 0 heterocycles. The minimum absolute atomic E-state index is 0.00984. The van der Waals surface area contributed by atoms with Gasteiger partial charge in [0.15, 0.2) is 0 Å². The number of carbonyl (C=O) groups is 2. The normalized spacial score (nSPS) is 11.2. The van der Waals surface area contributed by atoms with Gasteiger partial charge in [-0.05, 0) is 55.0 Å². The summed E-state index contributed by atoms with van der Waals surface area (Å²) in [5.41, 5.74) is 2.42. The number of para-hydroxylation sites is 1. The van der Waals surface area contributed by atoms with Crippen LogP contribution in [-0.2, 0) is 10.0 Å². The first-order valence-electron chi connectivity index (χ1n) is 9.49. The number of hydrogen-bond donors (Lipinski definition) is 2. The number of rotatable bonds is 6. The lowest BCUT2D eigenvalue weighted by molar-refractivity contribution is 0.102. The number of nitrogens with one attached hydrogen (secondary N) is 2. The number of carbonyl (C=O) groups excluding carboxylic acids is 2. The fraction of sp³-hybridized carbons (Fsp3) is 0.130. The van der Waals surface area contributed by atoms with E-state index in [2.05, 4.69) is 10.6 Å². The number of aryl methyl sites for hydroxylation is 1. The summed E-state index contributed by atoms with van der Waals surface area (Å²) >= 11 is 0. The van der Waals surface area contributed by atoms with E-state index in [1.165, 1.54) is 38.4 Å². The molecule has 0 aliphatic rings. The monoisotopic (exact) mass is 437 g/mol. The fourth-order valence-corrected chi connectivity index (χ4v) is 3.86. The fourth-order valence-electron chi connectivity index (χ4n) is 2.91. The van der Waals surface area contributed by atoms with Crippen molar-refractivity contribution in [1.29, 1.82) is 0 Å². The van der Waals surface area contributed by atoms with Gasteiger partial charge in [0.1, 0.15) is 0 Å². The summed E-state index contributed by atoms with van der Waals surface area (Å²) in [4.78, 5) is 25.6. The van der Waals surface area contributed by atoms with Gasteiger partial charge in [0.25, 0.3) is 11.8 Å². The molecule has 3 aromatic carbocycles. The molecule has 0 saturated heterocycles. The molecule has 2 amide bonds. The van der Waals surface area contributed by atoms with E-state index in [0.717, 1.165) is 9.87 Å². The molecule has 0 aliphatic carbocycles. The van der Waals surface area contributed by atoms with Crippen LogP contribution in [0, 0.1) is 6.92 Å². The van der Waals surface area contributed by atoms with Crippen molar-refractivity contribution in [3.8, 4) is 0 Å². The molecular formula is C23H23N3O4S. The zero-order valence-corrected chi connectivity index (χ0v) is 18.2. The van der Waals surface area contributed by atoms with Crippen molar-refractivity contribution in [2.75, 3.05) is 24.7 Å². The largest absolute Gasteiger partial charge is 0.322 e. The first-order valence-corrected chi connectivity index (χ1v) is 10.9. The number of sulfonamides is 1. The summed E-state index contributed by atoms with van der Waals surface area (Å²) in [5.74, 6) is -0.892. The molecule has 31 heavy (non-hydrogen) atoms. The van der Waals surface area contributed by atoms with Crippen LogP contribution in [-0.4, -0.2) is 38.6 Å². The Morgan fingerprint density at radius 3 is 2.23 bits per heavy atom. The van der Waals surface area contributed by atoms with Gasteiger partial charge >= 0.3 is 0 Å². The van der Waals surface area contributed by atoms with Gasteiger partial charge in [0.2, 0.25) is 10.0 Å². The van der Waals surface area contributed by atoms with Gasteiger partial charge < -0.3 is 10.6 Å². The van der Waals surface area contributed by atoms with E-state index in [9.17, 15) is 18.0 Å². The molecule has 0 radical (unpaired) electrons. The molecule has 160 valence electrons. The third-order valence-corrected chi connectivity index (χ3v) is 6.38. The molecule has 0 spiro atoms. The van der Waals surface area contributed by atoms with Gasteiger partial charge in [0, 0.05) is 25.3 Å². The minimum atomic E-state index is -3.68. The minimum Gasteiger partial charge on any atom is -0.322 e. The summed E-state index contributed by atoms with van der Waals surface area (Å²) in [6.07, 6.45) is 0. The Bertz CT molecular complexity index is 1240. The van der Waals surface area contributed by atoms with Crippen molar-refractivity contribution in [3.05, 3.63) is 89.5 Å². The first kappa shape index (κ1) is 22.2. The van der Waals surface area contributed by atoms with Crippen LogP contribution >= 0.6 is 0 Å². The highest BCUT2D eigenvalue weighted by molar-refractivity contribution is 7.89. The molecule has 0 saturated carbocycles. The summed E-state index contributed by atoms with van der Waals surface area (Å²) in [6.45, 7) is 1.93. The van der Waals surface area contributed by atoms with Crippen molar-refractivity contribution in [1.82, 2.24) is 4.31 Å². The second-order valence-electron chi connectivity index (χ2n) is 7.14. The maximum Gasteiger partial charge on any atom is 0.257 e. The first-order chi connectivity index (χ1) is 14.7. The van der Waals surface area contributed by atoms with E-state index < -0.39 is 15.9 Å². The van der Waals surface area contributed by atoms with Gasteiger partial charge in [-0.25, -0.2) is 12.7 Å². The Hall–Kier alpha value is -3.49. The molecule has 0 bridgehead atoms. The highest BCUT2D eigenvalue weighted by atomic mass is 32.2. The Balaban J connectivity index is 1.84. The zero-order chi connectivity index (χ0) is 22.6. The van der Waals surface area contributed by atoms with Crippen LogP contribution in [0.1, 0.15) is 26.3 Å². The molecule has 0 aliphatic heterocycles. The van der Waals surface area contributed by atoms with E-state index in [4.69, 9.17) is 0 Å². The molecule has 8 heteroatoms. The van der Waals surface area contributed by atoms with Crippen molar-refractivity contribution >= 4 is 33.2 Å². The maximum atomic E-state index is 12.8. The topological polar surface area (TPSA) is 95.6 Å². The molecule has 3 aromatic rings. The lowest BCUT2D eigenvalue weighted by Crippen LogP contribution is -2.23.